The van der Waals surface area contributed by atoms with Crippen molar-refractivity contribution < 1.29 is 5.11 Å². The first-order chi connectivity index (χ1) is 7.66. The molecule has 0 aliphatic heterocycles. The van der Waals surface area contributed by atoms with Crippen LogP contribution in [0.25, 0.3) is 0 Å². The lowest BCUT2D eigenvalue weighted by molar-refractivity contribution is 0.450. The Kier molecular flexibility index (Phi) is 2.92. The molecule has 0 saturated heterocycles. The van der Waals surface area contributed by atoms with Gasteiger partial charge in [0.05, 0.1) is 12.7 Å². The normalized spacial score (nSPS) is 10.3. The molecular weight excluding hydrogens is 228 g/mol. The summed E-state index contributed by atoms with van der Waals surface area (Å²) in [4.78, 5) is 11.5. The first-order valence-corrected chi connectivity index (χ1v) is 5.04. The topological polar surface area (TPSA) is 55.1 Å². The fourth-order valence-corrected chi connectivity index (χ4v) is 1.44. The second-order valence-electron chi connectivity index (χ2n) is 3.31. The van der Waals surface area contributed by atoms with Gasteiger partial charge in [0, 0.05) is 11.1 Å². The molecule has 0 unspecified atom stereocenters. The average Bonchev–Trinajstić information content (AvgIpc) is 2.28. The molecule has 0 radical (unpaired) electrons. The van der Waals surface area contributed by atoms with Crippen LogP contribution in [0.2, 0.25) is 5.02 Å². The van der Waals surface area contributed by atoms with Crippen LogP contribution >= 0.6 is 11.6 Å². The summed E-state index contributed by atoms with van der Waals surface area (Å²) >= 11 is 5.75. The quantitative estimate of drug-likeness (QED) is 0.863. The molecule has 0 amide bonds. The summed E-state index contributed by atoms with van der Waals surface area (Å²) in [6.07, 6.45) is 1.38. The number of nitrogens with zero attached hydrogens (tertiary/aromatic N) is 2. The van der Waals surface area contributed by atoms with Crippen LogP contribution in [0.4, 0.5) is 0 Å². The van der Waals surface area contributed by atoms with Crippen LogP contribution in [0.15, 0.2) is 41.3 Å². The summed E-state index contributed by atoms with van der Waals surface area (Å²) in [5.74, 6) is -0.302. The maximum absolute atomic E-state index is 11.5. The molecule has 1 N–H and O–H groups in total. The molecule has 0 bridgehead atoms. The SMILES string of the molecule is O=c1c(O)ccnn1Cc1ccc(Cl)cc1. The van der Waals surface area contributed by atoms with Gasteiger partial charge in [0.25, 0.3) is 0 Å². The third kappa shape index (κ3) is 2.23. The maximum atomic E-state index is 11.5. The molecule has 0 saturated carbocycles. The van der Waals surface area contributed by atoms with Gasteiger partial charge in [0.2, 0.25) is 0 Å². The Bertz CT molecular complexity index is 549. The molecule has 0 fully saturated rings. The van der Waals surface area contributed by atoms with E-state index in [-0.39, 0.29) is 5.75 Å². The Labute approximate surface area is 96.7 Å². The van der Waals surface area contributed by atoms with Crippen molar-refractivity contribution in [1.82, 2.24) is 9.78 Å². The van der Waals surface area contributed by atoms with E-state index in [0.29, 0.717) is 11.6 Å². The Morgan fingerprint density at radius 1 is 1.25 bits per heavy atom. The predicted molar refractivity (Wildman–Crippen MR) is 60.7 cm³/mol. The number of hydrogen-bond donors (Lipinski definition) is 1. The standard InChI is InChI=1S/C11H9ClN2O2/c12-9-3-1-8(2-4-9)7-14-11(16)10(15)5-6-13-14/h1-6,15H,7H2. The van der Waals surface area contributed by atoms with Crippen molar-refractivity contribution >= 4 is 11.6 Å². The maximum Gasteiger partial charge on any atom is 0.309 e. The van der Waals surface area contributed by atoms with Crippen LogP contribution in [0.3, 0.4) is 0 Å². The van der Waals surface area contributed by atoms with Crippen LogP contribution in [-0.4, -0.2) is 14.9 Å². The van der Waals surface area contributed by atoms with E-state index in [4.69, 9.17) is 11.6 Å². The predicted octanol–water partition coefficient (Wildman–Crippen LogP) is 1.65. The summed E-state index contributed by atoms with van der Waals surface area (Å²) < 4.78 is 1.19. The van der Waals surface area contributed by atoms with E-state index in [0.717, 1.165) is 5.56 Å². The summed E-state index contributed by atoms with van der Waals surface area (Å²) in [6, 6.07) is 8.36. The van der Waals surface area contributed by atoms with Crippen LogP contribution in [0.1, 0.15) is 5.56 Å². The Morgan fingerprint density at radius 2 is 1.94 bits per heavy atom. The second kappa shape index (κ2) is 4.37. The molecule has 82 valence electrons. The van der Waals surface area contributed by atoms with Gasteiger partial charge in [0.1, 0.15) is 0 Å². The highest BCUT2D eigenvalue weighted by molar-refractivity contribution is 6.30. The van der Waals surface area contributed by atoms with Crippen molar-refractivity contribution in [1.29, 1.82) is 0 Å². The van der Waals surface area contributed by atoms with Crippen LogP contribution in [0.5, 0.6) is 5.75 Å². The minimum atomic E-state index is -0.502. The number of aromatic nitrogens is 2. The minimum absolute atomic E-state index is 0.302. The van der Waals surface area contributed by atoms with Crippen molar-refractivity contribution in [2.75, 3.05) is 0 Å². The smallest absolute Gasteiger partial charge is 0.309 e. The summed E-state index contributed by atoms with van der Waals surface area (Å²) in [5, 5.41) is 13.7. The van der Waals surface area contributed by atoms with Gasteiger partial charge < -0.3 is 5.11 Å². The lowest BCUT2D eigenvalue weighted by Crippen LogP contribution is -2.22. The lowest BCUT2D eigenvalue weighted by Gasteiger charge is -2.04. The molecular formula is C11H9ClN2O2. The van der Waals surface area contributed by atoms with E-state index >= 15 is 0 Å². The van der Waals surface area contributed by atoms with Gasteiger partial charge in [0.15, 0.2) is 5.75 Å². The second-order valence-corrected chi connectivity index (χ2v) is 3.74. The number of halogens is 1. The number of hydrogen-bond acceptors (Lipinski definition) is 3. The van der Waals surface area contributed by atoms with Gasteiger partial charge >= 0.3 is 5.56 Å². The zero-order valence-electron chi connectivity index (χ0n) is 8.30. The van der Waals surface area contributed by atoms with Crippen molar-refractivity contribution in [3.8, 4) is 5.75 Å². The van der Waals surface area contributed by atoms with E-state index < -0.39 is 5.56 Å². The summed E-state index contributed by atoms with van der Waals surface area (Å²) in [7, 11) is 0. The number of rotatable bonds is 2. The molecule has 1 aromatic carbocycles. The van der Waals surface area contributed by atoms with E-state index in [1.165, 1.54) is 16.9 Å². The third-order valence-corrected chi connectivity index (χ3v) is 2.39. The van der Waals surface area contributed by atoms with E-state index in [2.05, 4.69) is 5.10 Å². The molecule has 0 aliphatic rings. The van der Waals surface area contributed by atoms with E-state index in [1.807, 2.05) is 0 Å². The van der Waals surface area contributed by atoms with Gasteiger partial charge in [-0.2, -0.15) is 5.10 Å². The fourth-order valence-electron chi connectivity index (χ4n) is 1.32. The lowest BCUT2D eigenvalue weighted by atomic mass is 10.2. The number of aromatic hydroxyl groups is 1. The Morgan fingerprint density at radius 3 is 2.62 bits per heavy atom. The highest BCUT2D eigenvalue weighted by atomic mass is 35.5. The molecule has 0 spiro atoms. The van der Waals surface area contributed by atoms with E-state index in [9.17, 15) is 9.90 Å². The Balaban J connectivity index is 2.31. The third-order valence-electron chi connectivity index (χ3n) is 2.14. The monoisotopic (exact) mass is 236 g/mol. The van der Waals surface area contributed by atoms with Crippen molar-refractivity contribution in [2.45, 2.75) is 6.54 Å². The minimum Gasteiger partial charge on any atom is -0.503 e. The summed E-state index contributed by atoms with van der Waals surface area (Å²) in [5.41, 5.74) is 0.391. The summed E-state index contributed by atoms with van der Waals surface area (Å²) in [6.45, 7) is 0.310. The van der Waals surface area contributed by atoms with Crippen LogP contribution < -0.4 is 5.56 Å². The zero-order valence-corrected chi connectivity index (χ0v) is 9.05. The fraction of sp³-hybridized carbons (Fsp3) is 0.0909. The molecule has 1 heterocycles. The molecule has 0 atom stereocenters. The van der Waals surface area contributed by atoms with Gasteiger partial charge in [-0.1, -0.05) is 23.7 Å². The van der Waals surface area contributed by atoms with Crippen molar-refractivity contribution in [2.24, 2.45) is 0 Å². The molecule has 4 nitrogen and oxygen atoms in total. The van der Waals surface area contributed by atoms with Crippen LogP contribution in [0, 0.1) is 0 Å². The molecule has 2 aromatic rings. The van der Waals surface area contributed by atoms with E-state index in [1.54, 1.807) is 24.3 Å². The molecule has 16 heavy (non-hydrogen) atoms. The van der Waals surface area contributed by atoms with Crippen molar-refractivity contribution in [3.63, 3.8) is 0 Å². The van der Waals surface area contributed by atoms with Crippen LogP contribution in [-0.2, 0) is 6.54 Å². The molecule has 0 aliphatic carbocycles. The highest BCUT2D eigenvalue weighted by Crippen LogP contribution is 2.10. The largest absolute Gasteiger partial charge is 0.503 e. The Hall–Kier alpha value is -1.81. The first kappa shape index (κ1) is 10.7. The van der Waals surface area contributed by atoms with Gasteiger partial charge in [-0.3, -0.25) is 4.79 Å². The first-order valence-electron chi connectivity index (χ1n) is 4.66. The zero-order chi connectivity index (χ0) is 11.5. The highest BCUT2D eigenvalue weighted by Gasteiger charge is 2.02. The molecule has 1 aromatic heterocycles. The van der Waals surface area contributed by atoms with Gasteiger partial charge in [-0.25, -0.2) is 4.68 Å². The number of benzene rings is 1. The van der Waals surface area contributed by atoms with Gasteiger partial charge in [-0.15, -0.1) is 0 Å². The molecule has 5 heteroatoms. The van der Waals surface area contributed by atoms with Gasteiger partial charge in [-0.05, 0) is 17.7 Å². The average molecular weight is 237 g/mol. The van der Waals surface area contributed by atoms with Crippen molar-refractivity contribution in [3.05, 3.63) is 57.5 Å². The molecule has 2 rings (SSSR count).